The molecule has 2 bridgehead atoms. The first-order valence-electron chi connectivity index (χ1n) is 13.7. The topological polar surface area (TPSA) is 66.8 Å². The van der Waals surface area contributed by atoms with Gasteiger partial charge < -0.3 is 14.7 Å². The van der Waals surface area contributed by atoms with Gasteiger partial charge in [0.25, 0.3) is 0 Å². The first-order chi connectivity index (χ1) is 16.4. The molecule has 4 rings (SSSR count). The van der Waals surface area contributed by atoms with Crippen molar-refractivity contribution in [2.45, 2.75) is 103 Å². The van der Waals surface area contributed by atoms with E-state index >= 15 is 0 Å². The Labute approximate surface area is 216 Å². The van der Waals surface area contributed by atoms with Crippen LogP contribution in [0.25, 0.3) is 0 Å². The summed E-state index contributed by atoms with van der Waals surface area (Å²) in [7, 11) is 4.26. The number of aliphatic hydroxyl groups is 1. The van der Waals surface area contributed by atoms with Crippen LogP contribution in [0, 0.1) is 34.0 Å². The molecule has 198 valence electrons. The monoisotopic (exact) mass is 505 g/mol. The Morgan fingerprint density at radius 1 is 1.23 bits per heavy atom. The molecule has 0 amide bonds. The minimum Gasteiger partial charge on any atom is -0.461 e. The van der Waals surface area contributed by atoms with Gasteiger partial charge >= 0.3 is 5.97 Å². The number of ether oxygens (including phenoxy) is 1. The second-order valence-electron chi connectivity index (χ2n) is 12.9. The Morgan fingerprint density at radius 3 is 2.57 bits per heavy atom. The van der Waals surface area contributed by atoms with Gasteiger partial charge in [-0.05, 0) is 76.3 Å². The van der Waals surface area contributed by atoms with Gasteiger partial charge in [-0.25, -0.2) is 0 Å². The highest BCUT2D eigenvalue weighted by Gasteiger charge is 2.68. The van der Waals surface area contributed by atoms with Crippen molar-refractivity contribution < 1.29 is 19.4 Å². The SMILES string of the molecule is C=C[C@]1(C)C[C@@H](OC(=O)CSC2CCC(N(C)C)C2)[C@]2(C)[C@H](C)CCC3(CCC(=O)[C@H]32)[C@@H](C)[C@@H]1O. The molecule has 10 atom stereocenters. The molecule has 0 aromatic carbocycles. The van der Waals surface area contributed by atoms with Gasteiger partial charge in [-0.3, -0.25) is 9.59 Å². The van der Waals surface area contributed by atoms with E-state index in [4.69, 9.17) is 4.74 Å². The molecular formula is C29H47NO4S. The molecule has 1 N–H and O–H groups in total. The van der Waals surface area contributed by atoms with Gasteiger partial charge in [0.05, 0.1) is 11.9 Å². The molecular weight excluding hydrogens is 458 g/mol. The lowest BCUT2D eigenvalue weighted by atomic mass is 9.44. The molecule has 0 radical (unpaired) electrons. The molecule has 4 fully saturated rings. The predicted molar refractivity (Wildman–Crippen MR) is 142 cm³/mol. The van der Waals surface area contributed by atoms with E-state index < -0.39 is 23.0 Å². The zero-order valence-electron chi connectivity index (χ0n) is 22.7. The van der Waals surface area contributed by atoms with Gasteiger partial charge in [-0.15, -0.1) is 18.3 Å². The van der Waals surface area contributed by atoms with Crippen LogP contribution in [0.4, 0.5) is 0 Å². The molecule has 4 aliphatic rings. The molecule has 6 heteroatoms. The predicted octanol–water partition coefficient (Wildman–Crippen LogP) is 5.11. The summed E-state index contributed by atoms with van der Waals surface area (Å²) in [5.74, 6) is 0.556. The average molecular weight is 506 g/mol. The fraction of sp³-hybridized carbons (Fsp3) is 0.862. The summed E-state index contributed by atoms with van der Waals surface area (Å²) in [4.78, 5) is 29.0. The highest BCUT2D eigenvalue weighted by atomic mass is 32.2. The lowest BCUT2D eigenvalue weighted by Gasteiger charge is -2.61. The van der Waals surface area contributed by atoms with E-state index in [9.17, 15) is 14.7 Å². The van der Waals surface area contributed by atoms with Crippen LogP contribution in [-0.2, 0) is 14.3 Å². The number of hydrogen-bond acceptors (Lipinski definition) is 6. The number of carbonyl (C=O) groups is 2. The Bertz CT molecular complexity index is 847. The number of Topliss-reactive ketones (excluding diaryl/α,β-unsaturated/α-hetero) is 1. The summed E-state index contributed by atoms with van der Waals surface area (Å²) in [5, 5.41) is 12.1. The van der Waals surface area contributed by atoms with E-state index in [1.165, 1.54) is 6.42 Å². The number of rotatable bonds is 6. The van der Waals surface area contributed by atoms with Crippen molar-refractivity contribution >= 4 is 23.5 Å². The fourth-order valence-electron chi connectivity index (χ4n) is 8.42. The Kier molecular flexibility index (Phi) is 7.61. The highest BCUT2D eigenvalue weighted by Crippen LogP contribution is 2.68. The number of hydrogen-bond donors (Lipinski definition) is 1. The van der Waals surface area contributed by atoms with Gasteiger partial charge in [0.1, 0.15) is 11.9 Å². The van der Waals surface area contributed by atoms with Crippen LogP contribution in [-0.4, -0.2) is 65.1 Å². The van der Waals surface area contributed by atoms with Crippen molar-refractivity contribution in [3.05, 3.63) is 12.7 Å². The van der Waals surface area contributed by atoms with E-state index in [0.717, 1.165) is 32.1 Å². The molecule has 5 nitrogen and oxygen atoms in total. The van der Waals surface area contributed by atoms with E-state index in [0.29, 0.717) is 35.7 Å². The molecule has 4 saturated carbocycles. The molecule has 4 aliphatic carbocycles. The first kappa shape index (κ1) is 27.2. The van der Waals surface area contributed by atoms with Crippen molar-refractivity contribution in [2.24, 2.45) is 34.0 Å². The summed E-state index contributed by atoms with van der Waals surface area (Å²) in [6.07, 6.45) is 8.11. The summed E-state index contributed by atoms with van der Waals surface area (Å²) in [6.45, 7) is 12.7. The van der Waals surface area contributed by atoms with Crippen LogP contribution < -0.4 is 0 Å². The first-order valence-corrected chi connectivity index (χ1v) is 14.8. The van der Waals surface area contributed by atoms with Crippen LogP contribution in [0.1, 0.15) is 79.1 Å². The smallest absolute Gasteiger partial charge is 0.316 e. The number of carbonyl (C=O) groups excluding carboxylic acids is 2. The number of esters is 1. The Morgan fingerprint density at radius 2 is 1.94 bits per heavy atom. The van der Waals surface area contributed by atoms with Gasteiger partial charge in [0.2, 0.25) is 0 Å². The van der Waals surface area contributed by atoms with Crippen LogP contribution in [0.2, 0.25) is 0 Å². The zero-order valence-corrected chi connectivity index (χ0v) is 23.5. The molecule has 0 heterocycles. The van der Waals surface area contributed by atoms with E-state index in [-0.39, 0.29) is 29.1 Å². The van der Waals surface area contributed by atoms with Crippen LogP contribution in [0.5, 0.6) is 0 Å². The molecule has 0 saturated heterocycles. The number of thioether (sulfide) groups is 1. The van der Waals surface area contributed by atoms with Crippen LogP contribution in [0.15, 0.2) is 12.7 Å². The molecule has 3 unspecified atom stereocenters. The third-order valence-corrected chi connectivity index (χ3v) is 12.4. The minimum atomic E-state index is -0.622. The van der Waals surface area contributed by atoms with Gasteiger partial charge in [-0.1, -0.05) is 33.8 Å². The maximum Gasteiger partial charge on any atom is 0.316 e. The number of aliphatic hydroxyl groups excluding tert-OH is 1. The number of nitrogens with zero attached hydrogens (tertiary/aromatic N) is 1. The van der Waals surface area contributed by atoms with E-state index in [1.807, 2.05) is 13.0 Å². The molecule has 0 aromatic heterocycles. The number of ketones is 1. The highest BCUT2D eigenvalue weighted by molar-refractivity contribution is 8.00. The maximum absolute atomic E-state index is 13.5. The summed E-state index contributed by atoms with van der Waals surface area (Å²) in [6, 6.07) is 0.592. The largest absolute Gasteiger partial charge is 0.461 e. The average Bonchev–Trinajstić information content (AvgIpc) is 3.44. The fourth-order valence-corrected chi connectivity index (χ4v) is 9.52. The lowest BCUT2D eigenvalue weighted by molar-refractivity contribution is -0.205. The minimum absolute atomic E-state index is 0.00649. The third-order valence-electron chi connectivity index (χ3n) is 11.1. The lowest BCUT2D eigenvalue weighted by Crippen LogP contribution is -2.63. The van der Waals surface area contributed by atoms with Crippen LogP contribution >= 0.6 is 11.8 Å². The summed E-state index contributed by atoms with van der Waals surface area (Å²) >= 11 is 1.72. The zero-order chi connectivity index (χ0) is 25.8. The van der Waals surface area contributed by atoms with Crippen molar-refractivity contribution in [2.75, 3.05) is 19.8 Å². The molecule has 0 aromatic rings. The summed E-state index contributed by atoms with van der Waals surface area (Å²) in [5.41, 5.74) is -1.25. The van der Waals surface area contributed by atoms with Crippen molar-refractivity contribution in [3.8, 4) is 0 Å². The molecule has 35 heavy (non-hydrogen) atoms. The van der Waals surface area contributed by atoms with Crippen molar-refractivity contribution in [1.82, 2.24) is 4.90 Å². The second-order valence-corrected chi connectivity index (χ2v) is 14.2. The van der Waals surface area contributed by atoms with E-state index in [1.54, 1.807) is 11.8 Å². The quantitative estimate of drug-likeness (QED) is 0.400. The maximum atomic E-state index is 13.5. The van der Waals surface area contributed by atoms with Gasteiger partial charge in [-0.2, -0.15) is 0 Å². The van der Waals surface area contributed by atoms with E-state index in [2.05, 4.69) is 46.3 Å². The Hall–Kier alpha value is -0.850. The molecule has 0 spiro atoms. The van der Waals surface area contributed by atoms with Crippen molar-refractivity contribution in [3.63, 3.8) is 0 Å². The second kappa shape index (κ2) is 9.79. The van der Waals surface area contributed by atoms with Gasteiger partial charge in [0, 0.05) is 34.5 Å². The Balaban J connectivity index is 1.60. The molecule has 0 aliphatic heterocycles. The normalized spacial score (nSPS) is 47.8. The van der Waals surface area contributed by atoms with Crippen LogP contribution in [0.3, 0.4) is 0 Å². The van der Waals surface area contributed by atoms with Gasteiger partial charge in [0.15, 0.2) is 0 Å². The third kappa shape index (κ3) is 4.44. The van der Waals surface area contributed by atoms with Crippen molar-refractivity contribution in [1.29, 1.82) is 0 Å². The standard InChI is InChI=1S/C29H47NO4S/c1-8-27(4)16-23(34-24(32)17-35-21-10-9-20(15-21)30(6)7)28(5)18(2)11-13-29(19(3)26(27)33)14-12-22(31)25(28)29/h8,18-21,23,25-26,33H,1,9-17H2,2-7H3/t18-,19+,20?,21?,23-,25+,26+,27-,28+,29?/m1/s1. The summed E-state index contributed by atoms with van der Waals surface area (Å²) < 4.78 is 6.37.